The van der Waals surface area contributed by atoms with Crippen molar-refractivity contribution in [3.63, 3.8) is 0 Å². The summed E-state index contributed by atoms with van der Waals surface area (Å²) in [5, 5.41) is 3.34. The van der Waals surface area contributed by atoms with Gasteiger partial charge in [-0.05, 0) is 37.3 Å². The number of rotatable bonds is 5. The van der Waals surface area contributed by atoms with Crippen molar-refractivity contribution in [3.05, 3.63) is 52.8 Å². The van der Waals surface area contributed by atoms with Gasteiger partial charge in [-0.3, -0.25) is 4.79 Å². The lowest BCUT2D eigenvalue weighted by atomic mass is 9.93. The van der Waals surface area contributed by atoms with Gasteiger partial charge in [0.25, 0.3) is 0 Å². The van der Waals surface area contributed by atoms with Crippen LogP contribution in [0.5, 0.6) is 6.01 Å². The van der Waals surface area contributed by atoms with Gasteiger partial charge in [-0.15, -0.1) is 0 Å². The molecule has 1 fully saturated rings. The lowest BCUT2D eigenvalue weighted by molar-refractivity contribution is -0.121. The molecule has 0 bridgehead atoms. The average Bonchev–Trinajstić information content (AvgIpc) is 2.61. The Kier molecular flexibility index (Phi) is 5.98. The molecular formula is C18H18ClF2N3O2. The Hall–Kier alpha value is -2.28. The Bertz CT molecular complexity index is 766. The molecule has 5 nitrogen and oxygen atoms in total. The summed E-state index contributed by atoms with van der Waals surface area (Å²) in [4.78, 5) is 20.1. The first kappa shape index (κ1) is 18.5. The second kappa shape index (κ2) is 8.40. The largest absolute Gasteiger partial charge is 0.460 e. The van der Waals surface area contributed by atoms with E-state index in [1.807, 2.05) is 0 Å². The smallest absolute Gasteiger partial charge is 0.316 e. The van der Waals surface area contributed by atoms with E-state index in [1.54, 1.807) is 0 Å². The van der Waals surface area contributed by atoms with Crippen LogP contribution in [-0.4, -0.2) is 28.0 Å². The van der Waals surface area contributed by atoms with Gasteiger partial charge in [0.05, 0.1) is 23.8 Å². The van der Waals surface area contributed by atoms with Crippen molar-refractivity contribution in [2.24, 2.45) is 0 Å². The summed E-state index contributed by atoms with van der Waals surface area (Å²) < 4.78 is 32.2. The molecule has 1 heterocycles. The highest BCUT2D eigenvalue weighted by Crippen LogP contribution is 2.22. The van der Waals surface area contributed by atoms with Crippen molar-refractivity contribution in [2.45, 2.75) is 44.2 Å². The highest BCUT2D eigenvalue weighted by atomic mass is 35.5. The van der Waals surface area contributed by atoms with Crippen molar-refractivity contribution < 1.29 is 18.3 Å². The zero-order chi connectivity index (χ0) is 18.5. The SMILES string of the molecule is O=C(Cc1ccc(F)cc1F)NC1CCC(Oc2ncc(Cl)cn2)CC1. The second-order valence-electron chi connectivity index (χ2n) is 6.26. The minimum absolute atomic E-state index is 0.0111. The summed E-state index contributed by atoms with van der Waals surface area (Å²) in [5.41, 5.74) is 0.181. The molecule has 1 aliphatic rings. The summed E-state index contributed by atoms with van der Waals surface area (Å²) in [5.74, 6) is -1.64. The number of nitrogens with one attached hydrogen (secondary N) is 1. The Morgan fingerprint density at radius 2 is 1.88 bits per heavy atom. The number of halogens is 3. The van der Waals surface area contributed by atoms with E-state index in [1.165, 1.54) is 18.5 Å². The van der Waals surface area contributed by atoms with Crippen molar-refractivity contribution in [1.29, 1.82) is 0 Å². The van der Waals surface area contributed by atoms with Crippen LogP contribution in [0.4, 0.5) is 8.78 Å². The minimum Gasteiger partial charge on any atom is -0.460 e. The molecule has 2 aromatic rings. The number of carbonyl (C=O) groups excluding carboxylic acids is 1. The zero-order valence-corrected chi connectivity index (χ0v) is 14.7. The molecule has 1 aromatic heterocycles. The molecule has 8 heteroatoms. The normalized spacial score (nSPS) is 19.8. The Morgan fingerprint density at radius 1 is 1.19 bits per heavy atom. The fourth-order valence-electron chi connectivity index (χ4n) is 2.95. The van der Waals surface area contributed by atoms with Gasteiger partial charge in [0, 0.05) is 12.1 Å². The Labute approximate surface area is 154 Å². The van der Waals surface area contributed by atoms with Crippen LogP contribution in [-0.2, 0) is 11.2 Å². The first-order valence-electron chi connectivity index (χ1n) is 8.37. The number of aromatic nitrogens is 2. The number of nitrogens with zero attached hydrogens (tertiary/aromatic N) is 2. The van der Waals surface area contributed by atoms with Gasteiger partial charge in [0.1, 0.15) is 17.7 Å². The quantitative estimate of drug-likeness (QED) is 0.861. The maximum atomic E-state index is 13.6. The number of carbonyl (C=O) groups is 1. The van der Waals surface area contributed by atoms with E-state index in [0.717, 1.165) is 37.8 Å². The predicted octanol–water partition coefficient (Wildman–Crippen LogP) is 3.46. The van der Waals surface area contributed by atoms with Gasteiger partial charge < -0.3 is 10.1 Å². The number of hydrogen-bond acceptors (Lipinski definition) is 4. The van der Waals surface area contributed by atoms with Crippen LogP contribution >= 0.6 is 11.6 Å². The lowest BCUT2D eigenvalue weighted by Gasteiger charge is -2.28. The zero-order valence-electron chi connectivity index (χ0n) is 13.9. The van der Waals surface area contributed by atoms with Crippen molar-refractivity contribution in [3.8, 4) is 6.01 Å². The Balaban J connectivity index is 1.44. The first-order valence-corrected chi connectivity index (χ1v) is 8.75. The number of hydrogen-bond donors (Lipinski definition) is 1. The molecule has 26 heavy (non-hydrogen) atoms. The molecule has 0 aliphatic heterocycles. The fraction of sp³-hybridized carbons (Fsp3) is 0.389. The summed E-state index contributed by atoms with van der Waals surface area (Å²) in [7, 11) is 0. The summed E-state index contributed by atoms with van der Waals surface area (Å²) in [6, 6.07) is 3.52. The monoisotopic (exact) mass is 381 g/mol. The molecule has 1 amide bonds. The number of ether oxygens (including phenoxy) is 1. The first-order chi connectivity index (χ1) is 12.5. The molecular weight excluding hydrogens is 364 g/mol. The van der Waals surface area contributed by atoms with Crippen molar-refractivity contribution >= 4 is 17.5 Å². The summed E-state index contributed by atoms with van der Waals surface area (Å²) >= 11 is 5.73. The molecule has 0 saturated heterocycles. The average molecular weight is 382 g/mol. The molecule has 1 aliphatic carbocycles. The third kappa shape index (κ3) is 5.11. The summed E-state index contributed by atoms with van der Waals surface area (Å²) in [6.07, 6.45) is 5.82. The van der Waals surface area contributed by atoms with Crippen LogP contribution in [0.2, 0.25) is 5.02 Å². The molecule has 1 saturated carbocycles. The fourth-order valence-corrected chi connectivity index (χ4v) is 3.05. The molecule has 0 unspecified atom stereocenters. The van der Waals surface area contributed by atoms with Crippen LogP contribution < -0.4 is 10.1 Å². The molecule has 1 N–H and O–H groups in total. The van der Waals surface area contributed by atoms with E-state index in [-0.39, 0.29) is 36.0 Å². The highest BCUT2D eigenvalue weighted by molar-refractivity contribution is 6.30. The second-order valence-corrected chi connectivity index (χ2v) is 6.69. The third-order valence-corrected chi connectivity index (χ3v) is 4.47. The topological polar surface area (TPSA) is 64.1 Å². The Morgan fingerprint density at radius 3 is 2.54 bits per heavy atom. The van der Waals surface area contributed by atoms with Crippen LogP contribution in [0.3, 0.4) is 0 Å². The standard InChI is InChI=1S/C18H18ClF2N3O2/c19-12-9-22-18(23-10-12)26-15-5-3-14(4-6-15)24-17(25)7-11-1-2-13(20)8-16(11)21/h1-2,8-10,14-15H,3-7H2,(H,24,25). The van der Waals surface area contributed by atoms with Crippen LogP contribution in [0.15, 0.2) is 30.6 Å². The van der Waals surface area contributed by atoms with E-state index in [9.17, 15) is 13.6 Å². The van der Waals surface area contributed by atoms with Gasteiger partial charge >= 0.3 is 6.01 Å². The third-order valence-electron chi connectivity index (χ3n) is 4.27. The lowest BCUT2D eigenvalue weighted by Crippen LogP contribution is -2.40. The molecule has 1 aromatic carbocycles. The van der Waals surface area contributed by atoms with E-state index in [0.29, 0.717) is 5.02 Å². The molecule has 0 radical (unpaired) electrons. The van der Waals surface area contributed by atoms with E-state index in [4.69, 9.17) is 16.3 Å². The molecule has 0 atom stereocenters. The van der Waals surface area contributed by atoms with Gasteiger partial charge in [-0.2, -0.15) is 0 Å². The predicted molar refractivity (Wildman–Crippen MR) is 91.9 cm³/mol. The summed E-state index contributed by atoms with van der Waals surface area (Å²) in [6.45, 7) is 0. The van der Waals surface area contributed by atoms with E-state index in [2.05, 4.69) is 15.3 Å². The van der Waals surface area contributed by atoms with Crippen molar-refractivity contribution in [2.75, 3.05) is 0 Å². The highest BCUT2D eigenvalue weighted by Gasteiger charge is 2.24. The van der Waals surface area contributed by atoms with Crippen LogP contribution in [0, 0.1) is 11.6 Å². The maximum Gasteiger partial charge on any atom is 0.316 e. The van der Waals surface area contributed by atoms with Gasteiger partial charge in [-0.1, -0.05) is 17.7 Å². The van der Waals surface area contributed by atoms with Gasteiger partial charge in [-0.25, -0.2) is 18.7 Å². The minimum atomic E-state index is -0.708. The van der Waals surface area contributed by atoms with Crippen LogP contribution in [0.1, 0.15) is 31.2 Å². The molecule has 0 spiro atoms. The number of benzene rings is 1. The molecule has 138 valence electrons. The van der Waals surface area contributed by atoms with Crippen LogP contribution in [0.25, 0.3) is 0 Å². The number of amides is 1. The van der Waals surface area contributed by atoms with Crippen molar-refractivity contribution in [1.82, 2.24) is 15.3 Å². The van der Waals surface area contributed by atoms with E-state index < -0.39 is 11.6 Å². The maximum absolute atomic E-state index is 13.6. The molecule has 3 rings (SSSR count). The van der Waals surface area contributed by atoms with Gasteiger partial charge in [0.15, 0.2) is 0 Å². The van der Waals surface area contributed by atoms with Gasteiger partial charge in [0.2, 0.25) is 5.91 Å². The van der Waals surface area contributed by atoms with E-state index >= 15 is 0 Å².